The average Bonchev–Trinajstić information content (AvgIpc) is 2.28. The Labute approximate surface area is 107 Å². The molecular formula is C11H19N3O2S. The zero-order valence-electron chi connectivity index (χ0n) is 10.2. The lowest BCUT2D eigenvalue weighted by Gasteiger charge is -2.36. The second kappa shape index (κ2) is 5.95. The number of likely N-dealkylation sites (tertiary alicyclic amines) is 1. The number of amides is 2. The second-order valence-corrected chi connectivity index (χ2v) is 5.16. The van der Waals surface area contributed by atoms with Gasteiger partial charge in [0.2, 0.25) is 0 Å². The molecule has 2 amide bonds. The predicted octanol–water partition coefficient (Wildman–Crippen LogP) is 0.0357. The molecule has 0 aromatic carbocycles. The first-order valence-corrected chi connectivity index (χ1v) is 6.19. The number of carbonyl (C=O) groups excluding carboxylic acids is 2. The predicted molar refractivity (Wildman–Crippen MR) is 69.4 cm³/mol. The van der Waals surface area contributed by atoms with Gasteiger partial charge >= 0.3 is 11.8 Å². The zero-order valence-corrected chi connectivity index (χ0v) is 11.0. The lowest BCUT2D eigenvalue weighted by atomic mass is 9.95. The van der Waals surface area contributed by atoms with Gasteiger partial charge in [-0.1, -0.05) is 19.1 Å². The van der Waals surface area contributed by atoms with Crippen molar-refractivity contribution in [3.63, 3.8) is 0 Å². The third-order valence-electron chi connectivity index (χ3n) is 3.00. The van der Waals surface area contributed by atoms with Crippen LogP contribution in [0.3, 0.4) is 0 Å². The number of piperidine rings is 1. The maximum Gasteiger partial charge on any atom is 0.312 e. The van der Waals surface area contributed by atoms with E-state index in [1.165, 1.54) is 0 Å². The molecule has 96 valence electrons. The molecule has 0 saturated carbocycles. The summed E-state index contributed by atoms with van der Waals surface area (Å²) in [6.07, 6.45) is 2.04. The van der Waals surface area contributed by atoms with Crippen molar-refractivity contribution in [2.24, 2.45) is 11.7 Å². The highest BCUT2D eigenvalue weighted by Gasteiger charge is 2.30. The fraction of sp³-hybridized carbons (Fsp3) is 0.727. The summed E-state index contributed by atoms with van der Waals surface area (Å²) in [6.45, 7) is 4.75. The van der Waals surface area contributed by atoms with Crippen LogP contribution in [0.4, 0.5) is 0 Å². The second-order valence-electron chi connectivity index (χ2n) is 4.64. The van der Waals surface area contributed by atoms with E-state index in [2.05, 4.69) is 24.5 Å². The van der Waals surface area contributed by atoms with Gasteiger partial charge in [0, 0.05) is 12.6 Å². The van der Waals surface area contributed by atoms with Gasteiger partial charge in [-0.25, -0.2) is 0 Å². The normalized spacial score (nSPS) is 24.2. The fourth-order valence-corrected chi connectivity index (χ4v) is 2.02. The van der Waals surface area contributed by atoms with E-state index >= 15 is 0 Å². The molecule has 17 heavy (non-hydrogen) atoms. The van der Waals surface area contributed by atoms with Crippen molar-refractivity contribution in [2.45, 2.75) is 32.7 Å². The minimum absolute atomic E-state index is 0.0671. The van der Waals surface area contributed by atoms with Gasteiger partial charge in [-0.15, -0.1) is 0 Å². The number of nitrogens with one attached hydrogen (secondary N) is 1. The molecule has 1 aliphatic heterocycles. The van der Waals surface area contributed by atoms with Crippen LogP contribution in [-0.4, -0.2) is 40.8 Å². The van der Waals surface area contributed by atoms with Crippen LogP contribution in [0, 0.1) is 5.92 Å². The number of hydrogen-bond donors (Lipinski definition) is 2. The van der Waals surface area contributed by atoms with Gasteiger partial charge in [0.15, 0.2) is 0 Å². The van der Waals surface area contributed by atoms with Crippen LogP contribution in [0.25, 0.3) is 0 Å². The summed E-state index contributed by atoms with van der Waals surface area (Å²) in [6, 6.07) is 0.120. The van der Waals surface area contributed by atoms with Gasteiger partial charge in [0.05, 0.1) is 11.5 Å². The third-order valence-corrected chi connectivity index (χ3v) is 3.14. The van der Waals surface area contributed by atoms with E-state index in [-0.39, 0.29) is 17.6 Å². The molecule has 1 heterocycles. The maximum atomic E-state index is 11.9. The molecule has 1 rings (SSSR count). The monoisotopic (exact) mass is 257 g/mol. The summed E-state index contributed by atoms with van der Waals surface area (Å²) in [5.41, 5.74) is 5.26. The van der Waals surface area contributed by atoms with Crippen LogP contribution in [-0.2, 0) is 9.59 Å². The Morgan fingerprint density at radius 2 is 2.06 bits per heavy atom. The summed E-state index contributed by atoms with van der Waals surface area (Å²) in [5.74, 6) is -0.669. The lowest BCUT2D eigenvalue weighted by molar-refractivity contribution is -0.148. The standard InChI is InChI=1S/C11H19N3O2S/c1-7-3-4-8(2)14(6-7)11(16)10(15)13-5-9(12)17/h7-8H,3-6H2,1-2H3,(H2,12,17)(H,13,15). The molecule has 2 unspecified atom stereocenters. The molecule has 0 spiro atoms. The van der Waals surface area contributed by atoms with Crippen molar-refractivity contribution in [3.05, 3.63) is 0 Å². The highest BCUT2D eigenvalue weighted by molar-refractivity contribution is 7.80. The van der Waals surface area contributed by atoms with Gasteiger partial charge in [0.1, 0.15) is 0 Å². The number of nitrogens with two attached hydrogens (primary N) is 1. The SMILES string of the molecule is CC1CCC(C)N(C(=O)C(=O)NCC(N)=S)C1. The highest BCUT2D eigenvalue weighted by Crippen LogP contribution is 2.21. The Morgan fingerprint density at radius 3 is 2.65 bits per heavy atom. The molecule has 6 heteroatoms. The summed E-state index contributed by atoms with van der Waals surface area (Å²) < 4.78 is 0. The van der Waals surface area contributed by atoms with Gasteiger partial charge < -0.3 is 16.0 Å². The molecule has 0 aromatic rings. The Balaban J connectivity index is 2.55. The van der Waals surface area contributed by atoms with E-state index in [1.807, 2.05) is 6.92 Å². The van der Waals surface area contributed by atoms with E-state index < -0.39 is 11.8 Å². The Morgan fingerprint density at radius 1 is 1.41 bits per heavy atom. The fourth-order valence-electron chi connectivity index (χ4n) is 1.95. The van der Waals surface area contributed by atoms with Crippen molar-refractivity contribution in [3.8, 4) is 0 Å². The topological polar surface area (TPSA) is 75.4 Å². The Kier molecular flexibility index (Phi) is 4.86. The lowest BCUT2D eigenvalue weighted by Crippen LogP contribution is -2.51. The molecule has 0 aromatic heterocycles. The third kappa shape index (κ3) is 3.96. The number of carbonyl (C=O) groups is 2. The number of nitrogens with zero attached hydrogens (tertiary/aromatic N) is 1. The summed E-state index contributed by atoms with van der Waals surface area (Å²) in [5, 5.41) is 2.42. The van der Waals surface area contributed by atoms with Crippen molar-refractivity contribution >= 4 is 29.0 Å². The number of rotatable bonds is 2. The van der Waals surface area contributed by atoms with E-state index in [1.54, 1.807) is 4.90 Å². The molecule has 0 radical (unpaired) electrons. The Hall–Kier alpha value is -1.17. The van der Waals surface area contributed by atoms with Gasteiger partial charge in [-0.3, -0.25) is 9.59 Å². The average molecular weight is 257 g/mol. The van der Waals surface area contributed by atoms with Crippen LogP contribution >= 0.6 is 12.2 Å². The van der Waals surface area contributed by atoms with Crippen LogP contribution in [0.1, 0.15) is 26.7 Å². The number of thiocarbonyl (C=S) groups is 1. The van der Waals surface area contributed by atoms with E-state index in [9.17, 15) is 9.59 Å². The van der Waals surface area contributed by atoms with E-state index in [0.717, 1.165) is 12.8 Å². The molecule has 1 saturated heterocycles. The van der Waals surface area contributed by atoms with Crippen molar-refractivity contribution in [2.75, 3.05) is 13.1 Å². The quantitative estimate of drug-likeness (QED) is 0.541. The molecule has 1 fully saturated rings. The van der Waals surface area contributed by atoms with Gasteiger partial charge in [0.25, 0.3) is 0 Å². The molecule has 2 atom stereocenters. The maximum absolute atomic E-state index is 11.9. The largest absolute Gasteiger partial charge is 0.392 e. The highest BCUT2D eigenvalue weighted by atomic mass is 32.1. The van der Waals surface area contributed by atoms with E-state index in [4.69, 9.17) is 5.73 Å². The van der Waals surface area contributed by atoms with Crippen LogP contribution in [0.15, 0.2) is 0 Å². The molecule has 5 nitrogen and oxygen atoms in total. The summed E-state index contributed by atoms with van der Waals surface area (Å²) in [4.78, 5) is 25.3. The molecular weight excluding hydrogens is 238 g/mol. The van der Waals surface area contributed by atoms with Crippen LogP contribution < -0.4 is 11.1 Å². The smallest absolute Gasteiger partial charge is 0.312 e. The van der Waals surface area contributed by atoms with Crippen LogP contribution in [0.2, 0.25) is 0 Å². The molecule has 1 aliphatic rings. The summed E-state index contributed by atoms with van der Waals surface area (Å²) >= 11 is 4.64. The van der Waals surface area contributed by atoms with Gasteiger partial charge in [-0.05, 0) is 25.7 Å². The first-order valence-electron chi connectivity index (χ1n) is 5.79. The van der Waals surface area contributed by atoms with Crippen LogP contribution in [0.5, 0.6) is 0 Å². The first-order chi connectivity index (χ1) is 7.91. The first kappa shape index (κ1) is 13.9. The molecule has 0 aliphatic carbocycles. The van der Waals surface area contributed by atoms with Gasteiger partial charge in [-0.2, -0.15) is 0 Å². The Bertz CT molecular complexity index is 333. The van der Waals surface area contributed by atoms with Crippen molar-refractivity contribution in [1.29, 1.82) is 0 Å². The molecule has 0 bridgehead atoms. The summed E-state index contributed by atoms with van der Waals surface area (Å²) in [7, 11) is 0. The molecule has 3 N–H and O–H groups in total. The zero-order chi connectivity index (χ0) is 13.0. The minimum Gasteiger partial charge on any atom is -0.392 e. The number of hydrogen-bond acceptors (Lipinski definition) is 3. The minimum atomic E-state index is -0.626. The van der Waals surface area contributed by atoms with Crippen molar-refractivity contribution < 1.29 is 9.59 Å². The van der Waals surface area contributed by atoms with E-state index in [0.29, 0.717) is 12.5 Å². The van der Waals surface area contributed by atoms with Crippen molar-refractivity contribution in [1.82, 2.24) is 10.2 Å².